The summed E-state index contributed by atoms with van der Waals surface area (Å²) < 4.78 is 369. The van der Waals surface area contributed by atoms with Crippen LogP contribution in [0.3, 0.4) is 0 Å². The molecule has 1 rings (SSSR count). The van der Waals surface area contributed by atoms with Gasteiger partial charge in [0, 0.05) is 16.7 Å². The molecule has 0 atom stereocenters. The van der Waals surface area contributed by atoms with E-state index in [-0.39, 0.29) is 0 Å². The fourth-order valence-electron chi connectivity index (χ4n) is 3.63. The Morgan fingerprint density at radius 1 is 0.367 bits per heavy atom. The van der Waals surface area contributed by atoms with E-state index < -0.39 is 125 Å². The maximum Gasteiger partial charge on any atom is 0.460 e. The molecule has 0 aliphatic carbocycles. The molecule has 0 fully saturated rings. The molecular formula is C22H10F27. The van der Waals surface area contributed by atoms with E-state index in [2.05, 4.69) is 6.92 Å². The molecule has 287 valence electrons. The van der Waals surface area contributed by atoms with E-state index >= 15 is 0 Å². The smallest absolute Gasteiger partial charge is 0.194 e. The van der Waals surface area contributed by atoms with Crippen molar-refractivity contribution < 1.29 is 119 Å². The molecule has 0 N–H and O–H groups in total. The molecule has 0 aliphatic rings. The fourth-order valence-corrected chi connectivity index (χ4v) is 3.63. The first kappa shape index (κ1) is 44.4. The van der Waals surface area contributed by atoms with Crippen molar-refractivity contribution in [3.8, 4) is 0 Å². The lowest BCUT2D eigenvalue weighted by Crippen LogP contribution is -2.61. The molecule has 0 heterocycles. The zero-order chi connectivity index (χ0) is 39.8. The van der Waals surface area contributed by atoms with Crippen LogP contribution in [0.4, 0.5) is 119 Å². The molecule has 1 aromatic carbocycles. The standard InChI is InChI=1S/C22H10F27/c1-2-3-4-8-9(12(25,26)15(31,32)18(37,38)21(44,45)46)5-7(11(23,24)14(29,30)17(35,36)20(41,42)43)6-10(8)13(27,28)16(33,34)19(39,40)22(47,48)49/h5-6H,1-4H2. The van der Waals surface area contributed by atoms with Crippen molar-refractivity contribution in [3.63, 3.8) is 0 Å². The molecule has 0 nitrogen and oxygen atoms in total. The first-order valence-electron chi connectivity index (χ1n) is 11.6. The van der Waals surface area contributed by atoms with Crippen LogP contribution < -0.4 is 0 Å². The number of benzene rings is 1. The van der Waals surface area contributed by atoms with Gasteiger partial charge in [0.2, 0.25) is 0 Å². The Kier molecular flexibility index (Phi) is 10.8. The van der Waals surface area contributed by atoms with E-state index in [9.17, 15) is 119 Å². The second-order valence-corrected chi connectivity index (χ2v) is 9.67. The Morgan fingerprint density at radius 2 is 0.612 bits per heavy atom. The van der Waals surface area contributed by atoms with E-state index in [1.54, 1.807) is 0 Å². The zero-order valence-corrected chi connectivity index (χ0v) is 22.2. The number of alkyl halides is 27. The quantitative estimate of drug-likeness (QED) is 0.185. The molecule has 0 unspecified atom stereocenters. The van der Waals surface area contributed by atoms with Gasteiger partial charge >= 0.3 is 71.8 Å². The molecular weight excluding hydrogens is 777 g/mol. The predicted octanol–water partition coefficient (Wildman–Crippen LogP) is 11.6. The first-order chi connectivity index (χ1) is 21.0. The van der Waals surface area contributed by atoms with Crippen LogP contribution in [0, 0.1) is 6.92 Å². The topological polar surface area (TPSA) is 0 Å². The van der Waals surface area contributed by atoms with Crippen LogP contribution in [0.5, 0.6) is 0 Å². The normalized spacial score (nSPS) is 16.0. The fraction of sp³-hybridized carbons (Fsp3) is 0.682. The molecule has 27 heteroatoms. The highest BCUT2D eigenvalue weighted by molar-refractivity contribution is 5.48. The zero-order valence-electron chi connectivity index (χ0n) is 22.2. The molecule has 0 amide bonds. The summed E-state index contributed by atoms with van der Waals surface area (Å²) in [5.74, 6) is -73.3. The molecule has 0 aromatic heterocycles. The Morgan fingerprint density at radius 3 is 0.837 bits per heavy atom. The van der Waals surface area contributed by atoms with Gasteiger partial charge < -0.3 is 0 Å². The minimum absolute atomic E-state index is 1.06. The Bertz CT molecular complexity index is 1270. The van der Waals surface area contributed by atoms with Gasteiger partial charge in [-0.3, -0.25) is 0 Å². The van der Waals surface area contributed by atoms with E-state index in [0.29, 0.717) is 0 Å². The van der Waals surface area contributed by atoms with Gasteiger partial charge in [0.05, 0.1) is 0 Å². The van der Waals surface area contributed by atoms with Crippen molar-refractivity contribution >= 4 is 0 Å². The number of hydrogen-bond donors (Lipinski definition) is 0. The van der Waals surface area contributed by atoms with Crippen LogP contribution in [-0.4, -0.2) is 54.1 Å². The predicted molar refractivity (Wildman–Crippen MR) is 104 cm³/mol. The average Bonchev–Trinajstić information content (AvgIpc) is 2.88. The summed E-state index contributed by atoms with van der Waals surface area (Å²) in [4.78, 5) is 0. The van der Waals surface area contributed by atoms with Gasteiger partial charge in [-0.25, -0.2) is 0 Å². The maximum atomic E-state index is 15.0. The highest BCUT2D eigenvalue weighted by Crippen LogP contribution is 2.63. The lowest BCUT2D eigenvalue weighted by Gasteiger charge is -2.39. The summed E-state index contributed by atoms with van der Waals surface area (Å²) in [6.45, 7) is 2.75. The van der Waals surface area contributed by atoms with Crippen LogP contribution in [0.15, 0.2) is 12.1 Å². The van der Waals surface area contributed by atoms with Crippen LogP contribution in [0.25, 0.3) is 0 Å². The molecule has 0 aliphatic heterocycles. The van der Waals surface area contributed by atoms with Crippen molar-refractivity contribution in [1.29, 1.82) is 0 Å². The second-order valence-electron chi connectivity index (χ2n) is 9.67. The Labute approximate surface area is 252 Å². The van der Waals surface area contributed by atoms with Gasteiger partial charge in [0.1, 0.15) is 0 Å². The third-order valence-electron chi connectivity index (χ3n) is 6.40. The van der Waals surface area contributed by atoms with E-state index in [1.165, 1.54) is 0 Å². The van der Waals surface area contributed by atoms with Gasteiger partial charge in [-0.1, -0.05) is 13.3 Å². The van der Waals surface area contributed by atoms with Crippen LogP contribution in [0.1, 0.15) is 35.1 Å². The van der Waals surface area contributed by atoms with Crippen LogP contribution in [-0.2, 0) is 24.2 Å². The maximum absolute atomic E-state index is 15.0. The van der Waals surface area contributed by atoms with E-state index in [0.717, 1.165) is 0 Å². The molecule has 1 radical (unpaired) electrons. The third kappa shape index (κ3) is 6.29. The van der Waals surface area contributed by atoms with Crippen molar-refractivity contribution in [2.75, 3.05) is 0 Å². The molecule has 0 spiro atoms. The SMILES string of the molecule is [CH2]CCCc1c(C(F)(F)C(F)(F)C(F)(F)C(F)(F)F)cc(C(F)(F)C(F)(F)C(F)(F)C(F)(F)F)cc1C(F)(F)C(F)(F)C(F)(F)C(F)(F)F. The largest absolute Gasteiger partial charge is 0.460 e. The first-order valence-corrected chi connectivity index (χ1v) is 11.6. The Balaban J connectivity index is 4.77. The summed E-state index contributed by atoms with van der Waals surface area (Å²) in [6, 6.07) is -4.28. The van der Waals surface area contributed by atoms with Gasteiger partial charge in [-0.2, -0.15) is 119 Å². The molecule has 0 saturated carbocycles. The number of unbranched alkanes of at least 4 members (excludes halogenated alkanes) is 1. The summed E-state index contributed by atoms with van der Waals surface area (Å²) in [6.07, 6.45) is -28.6. The number of halogens is 27. The highest BCUT2D eigenvalue weighted by atomic mass is 19.4. The number of rotatable bonds is 12. The van der Waals surface area contributed by atoms with Crippen LogP contribution in [0.2, 0.25) is 0 Å². The minimum atomic E-state index is -8.32. The third-order valence-corrected chi connectivity index (χ3v) is 6.40. The minimum Gasteiger partial charge on any atom is -0.194 e. The van der Waals surface area contributed by atoms with Crippen molar-refractivity contribution in [2.24, 2.45) is 0 Å². The number of hydrogen-bond acceptors (Lipinski definition) is 0. The van der Waals surface area contributed by atoms with Gasteiger partial charge in [0.15, 0.2) is 0 Å². The lowest BCUT2D eigenvalue weighted by molar-refractivity contribution is -0.401. The van der Waals surface area contributed by atoms with E-state index in [4.69, 9.17) is 0 Å². The van der Waals surface area contributed by atoms with Gasteiger partial charge in [-0.05, 0) is 30.5 Å². The van der Waals surface area contributed by atoms with Gasteiger partial charge in [-0.15, -0.1) is 0 Å². The molecule has 1 aromatic rings. The van der Waals surface area contributed by atoms with Gasteiger partial charge in [0.25, 0.3) is 0 Å². The average molecular weight is 787 g/mol. The summed E-state index contributed by atoms with van der Waals surface area (Å²) in [5, 5.41) is 0. The monoisotopic (exact) mass is 787 g/mol. The second kappa shape index (κ2) is 12.0. The molecule has 49 heavy (non-hydrogen) atoms. The lowest BCUT2D eigenvalue weighted by atomic mass is 9.81. The van der Waals surface area contributed by atoms with Crippen LogP contribution >= 0.6 is 0 Å². The van der Waals surface area contributed by atoms with Crippen molar-refractivity contribution in [1.82, 2.24) is 0 Å². The van der Waals surface area contributed by atoms with Crippen molar-refractivity contribution in [3.05, 3.63) is 41.3 Å². The van der Waals surface area contributed by atoms with E-state index in [1.807, 2.05) is 0 Å². The Hall–Kier alpha value is -2.67. The summed E-state index contributed by atoms with van der Waals surface area (Å²) >= 11 is 0. The highest BCUT2D eigenvalue weighted by Gasteiger charge is 2.85. The molecule has 0 saturated heterocycles. The summed E-state index contributed by atoms with van der Waals surface area (Å²) in [7, 11) is 0. The summed E-state index contributed by atoms with van der Waals surface area (Å²) in [5.41, 5.74) is -15.9. The van der Waals surface area contributed by atoms with Crippen molar-refractivity contribution in [2.45, 2.75) is 91.1 Å². The molecule has 0 bridgehead atoms.